The topological polar surface area (TPSA) is 58.6 Å². The van der Waals surface area contributed by atoms with E-state index in [1.807, 2.05) is 0 Å². The highest BCUT2D eigenvalue weighted by molar-refractivity contribution is 6.35. The Labute approximate surface area is 165 Å². The van der Waals surface area contributed by atoms with Gasteiger partial charge < -0.3 is 15.0 Å². The summed E-state index contributed by atoms with van der Waals surface area (Å²) in [7, 11) is 0. The highest BCUT2D eigenvalue weighted by atomic mass is 35.5. The van der Waals surface area contributed by atoms with Gasteiger partial charge in [-0.05, 0) is 36.4 Å². The number of rotatable bonds is 5. The molecule has 0 spiro atoms. The number of nitrogens with one attached hydrogen (secondary N) is 1. The van der Waals surface area contributed by atoms with Gasteiger partial charge in [0.1, 0.15) is 18.4 Å². The molecular formula is C18H15Cl3N2O3. The molecule has 0 aliphatic carbocycles. The van der Waals surface area contributed by atoms with Crippen LogP contribution in [0.25, 0.3) is 0 Å². The summed E-state index contributed by atoms with van der Waals surface area (Å²) in [5.74, 6) is -0.0407. The van der Waals surface area contributed by atoms with E-state index in [0.29, 0.717) is 38.6 Å². The first kappa shape index (κ1) is 18.8. The van der Waals surface area contributed by atoms with Crippen molar-refractivity contribution in [3.8, 4) is 5.75 Å². The van der Waals surface area contributed by atoms with Crippen molar-refractivity contribution in [3.05, 3.63) is 57.0 Å². The van der Waals surface area contributed by atoms with Crippen LogP contribution in [0.2, 0.25) is 15.1 Å². The maximum Gasteiger partial charge on any atom is 0.254 e. The molecule has 0 saturated carbocycles. The van der Waals surface area contributed by atoms with Crippen LogP contribution >= 0.6 is 34.8 Å². The molecule has 2 aromatic rings. The summed E-state index contributed by atoms with van der Waals surface area (Å²) in [5.41, 5.74) is 1.37. The van der Waals surface area contributed by atoms with Crippen LogP contribution in [0.4, 0.5) is 5.69 Å². The molecule has 0 radical (unpaired) electrons. The van der Waals surface area contributed by atoms with E-state index in [1.165, 1.54) is 6.92 Å². The van der Waals surface area contributed by atoms with E-state index >= 15 is 0 Å². The average Bonchev–Trinajstić information content (AvgIpc) is 2.81. The number of anilines is 1. The molecule has 0 fully saturated rings. The van der Waals surface area contributed by atoms with Crippen molar-refractivity contribution < 1.29 is 14.3 Å². The quantitative estimate of drug-likeness (QED) is 0.797. The molecule has 3 rings (SSSR count). The number of carbonyl (C=O) groups is 2. The molecule has 2 aromatic carbocycles. The van der Waals surface area contributed by atoms with Crippen LogP contribution in [0.15, 0.2) is 36.4 Å². The number of ether oxygens (including phenoxy) is 1. The summed E-state index contributed by atoms with van der Waals surface area (Å²) in [6.07, 6.45) is 0. The van der Waals surface area contributed by atoms with E-state index in [9.17, 15) is 9.59 Å². The van der Waals surface area contributed by atoms with Crippen LogP contribution in [0.5, 0.6) is 5.75 Å². The second-order valence-electron chi connectivity index (χ2n) is 5.75. The van der Waals surface area contributed by atoms with Crippen LogP contribution in [0, 0.1) is 0 Å². The van der Waals surface area contributed by atoms with Crippen molar-refractivity contribution in [1.29, 1.82) is 0 Å². The fourth-order valence-electron chi connectivity index (χ4n) is 2.82. The minimum Gasteiger partial charge on any atom is -0.490 e. The molecule has 2 amide bonds. The van der Waals surface area contributed by atoms with E-state index in [1.54, 1.807) is 41.3 Å². The van der Waals surface area contributed by atoms with E-state index in [-0.39, 0.29) is 18.4 Å². The molecule has 0 aromatic heterocycles. The van der Waals surface area contributed by atoms with Crippen LogP contribution in [-0.4, -0.2) is 25.0 Å². The molecule has 1 aliphatic heterocycles. The van der Waals surface area contributed by atoms with Crippen LogP contribution in [-0.2, 0) is 9.59 Å². The lowest BCUT2D eigenvalue weighted by Crippen LogP contribution is -2.38. The Kier molecular flexibility index (Phi) is 5.61. The number of amides is 2. The van der Waals surface area contributed by atoms with Gasteiger partial charge >= 0.3 is 0 Å². The molecule has 8 heteroatoms. The molecule has 0 saturated heterocycles. The van der Waals surface area contributed by atoms with Gasteiger partial charge in [-0.3, -0.25) is 9.59 Å². The van der Waals surface area contributed by atoms with Crippen molar-refractivity contribution in [2.24, 2.45) is 0 Å². The summed E-state index contributed by atoms with van der Waals surface area (Å²) in [6, 6.07) is 9.33. The number of nitrogens with zero attached hydrogens (tertiary/aromatic N) is 1. The first-order valence-corrected chi connectivity index (χ1v) is 8.96. The van der Waals surface area contributed by atoms with Crippen molar-refractivity contribution in [2.45, 2.75) is 13.0 Å². The summed E-state index contributed by atoms with van der Waals surface area (Å²) >= 11 is 18.0. The normalized spacial score (nSPS) is 15.8. The van der Waals surface area contributed by atoms with Gasteiger partial charge in [-0.2, -0.15) is 0 Å². The molecule has 136 valence electrons. The van der Waals surface area contributed by atoms with E-state index in [4.69, 9.17) is 39.5 Å². The molecule has 5 nitrogen and oxygen atoms in total. The molecule has 0 unspecified atom stereocenters. The molecule has 1 N–H and O–H groups in total. The zero-order chi connectivity index (χ0) is 18.8. The largest absolute Gasteiger partial charge is 0.490 e. The standard InChI is InChI=1S/C18H15Cl3N2O3/c1-10(24)22-17-13-8-11(19)2-4-15(13)23(18(17)25)6-7-26-16-5-3-12(20)9-14(16)21/h2-5,8-9,17H,6-7H2,1H3,(H,22,24)/t17-/m1/s1. The monoisotopic (exact) mass is 412 g/mol. The second kappa shape index (κ2) is 7.74. The Balaban J connectivity index is 1.75. The second-order valence-corrected chi connectivity index (χ2v) is 7.03. The number of carbonyl (C=O) groups excluding carboxylic acids is 2. The van der Waals surface area contributed by atoms with Gasteiger partial charge in [0.15, 0.2) is 0 Å². The third-order valence-electron chi connectivity index (χ3n) is 3.92. The molecule has 26 heavy (non-hydrogen) atoms. The molecule has 1 aliphatic rings. The molecule has 1 heterocycles. The Morgan fingerprint density at radius 2 is 1.85 bits per heavy atom. The number of hydrogen-bond donors (Lipinski definition) is 1. The fraction of sp³-hybridized carbons (Fsp3) is 0.222. The number of hydrogen-bond acceptors (Lipinski definition) is 3. The summed E-state index contributed by atoms with van der Waals surface area (Å²) in [5, 5.41) is 4.07. The Bertz CT molecular complexity index is 873. The zero-order valence-electron chi connectivity index (χ0n) is 13.8. The maximum absolute atomic E-state index is 12.7. The van der Waals surface area contributed by atoms with Gasteiger partial charge in [0.25, 0.3) is 5.91 Å². The lowest BCUT2D eigenvalue weighted by atomic mass is 10.1. The van der Waals surface area contributed by atoms with Gasteiger partial charge in [-0.25, -0.2) is 0 Å². The summed E-state index contributed by atoms with van der Waals surface area (Å²) in [4.78, 5) is 25.7. The van der Waals surface area contributed by atoms with E-state index < -0.39 is 6.04 Å². The molecule has 0 bridgehead atoms. The zero-order valence-corrected chi connectivity index (χ0v) is 16.0. The highest BCUT2D eigenvalue weighted by Gasteiger charge is 2.37. The number of benzene rings is 2. The lowest BCUT2D eigenvalue weighted by Gasteiger charge is -2.18. The number of halogens is 3. The molecular weight excluding hydrogens is 399 g/mol. The van der Waals surface area contributed by atoms with Gasteiger partial charge in [0.05, 0.1) is 11.6 Å². The minimum atomic E-state index is -0.750. The third kappa shape index (κ3) is 3.90. The third-order valence-corrected chi connectivity index (χ3v) is 4.68. The fourth-order valence-corrected chi connectivity index (χ4v) is 3.47. The van der Waals surface area contributed by atoms with Crippen molar-refractivity contribution in [2.75, 3.05) is 18.1 Å². The average molecular weight is 414 g/mol. The molecule has 1 atom stereocenters. The van der Waals surface area contributed by atoms with Crippen LogP contribution in [0.3, 0.4) is 0 Å². The van der Waals surface area contributed by atoms with Gasteiger partial charge in [-0.1, -0.05) is 34.8 Å². The van der Waals surface area contributed by atoms with Gasteiger partial charge in [0, 0.05) is 28.2 Å². The van der Waals surface area contributed by atoms with E-state index in [0.717, 1.165) is 0 Å². The Morgan fingerprint density at radius 3 is 2.54 bits per heavy atom. The highest BCUT2D eigenvalue weighted by Crippen LogP contribution is 2.37. The van der Waals surface area contributed by atoms with Crippen LogP contribution in [0.1, 0.15) is 18.5 Å². The Morgan fingerprint density at radius 1 is 1.15 bits per heavy atom. The first-order chi connectivity index (χ1) is 12.4. The minimum absolute atomic E-state index is 0.224. The van der Waals surface area contributed by atoms with Gasteiger partial charge in [0.2, 0.25) is 5.91 Å². The van der Waals surface area contributed by atoms with Crippen molar-refractivity contribution in [1.82, 2.24) is 5.32 Å². The Hall–Kier alpha value is -1.95. The SMILES string of the molecule is CC(=O)N[C@H]1C(=O)N(CCOc2ccc(Cl)cc2Cl)c2ccc(Cl)cc21. The van der Waals surface area contributed by atoms with Crippen molar-refractivity contribution in [3.63, 3.8) is 0 Å². The number of fused-ring (bicyclic) bond motifs is 1. The smallest absolute Gasteiger partial charge is 0.254 e. The van der Waals surface area contributed by atoms with Gasteiger partial charge in [-0.15, -0.1) is 0 Å². The summed E-state index contributed by atoms with van der Waals surface area (Å²) < 4.78 is 5.66. The van der Waals surface area contributed by atoms with E-state index in [2.05, 4.69) is 5.32 Å². The van der Waals surface area contributed by atoms with Crippen LogP contribution < -0.4 is 15.0 Å². The lowest BCUT2D eigenvalue weighted by molar-refractivity contribution is -0.126. The van der Waals surface area contributed by atoms with Crippen molar-refractivity contribution >= 4 is 52.3 Å². The first-order valence-electron chi connectivity index (χ1n) is 7.82. The maximum atomic E-state index is 12.7. The summed E-state index contributed by atoms with van der Waals surface area (Å²) in [6.45, 7) is 1.89. The predicted octanol–water partition coefficient (Wildman–Crippen LogP) is 4.25. The predicted molar refractivity (Wildman–Crippen MR) is 102 cm³/mol.